The van der Waals surface area contributed by atoms with Crippen LogP contribution < -0.4 is 15.4 Å². The standard InChI is InChI=1S/C22H24N4O2/c1-4-12-23-22(27)18-14-20(24-17-13-15(2)10-11-19(17)28-3)26-21(25-18)16-8-6-5-7-9-16/h5-11,13-14H,4,12H2,1-3H3,(H,23,27)(H,24,25,26). The predicted molar refractivity (Wildman–Crippen MR) is 111 cm³/mol. The van der Waals surface area contributed by atoms with Crippen LogP contribution in [-0.2, 0) is 0 Å². The minimum Gasteiger partial charge on any atom is -0.495 e. The second-order valence-electron chi connectivity index (χ2n) is 6.41. The van der Waals surface area contributed by atoms with Crippen molar-refractivity contribution in [3.8, 4) is 17.1 Å². The van der Waals surface area contributed by atoms with E-state index in [-0.39, 0.29) is 5.91 Å². The first-order valence-electron chi connectivity index (χ1n) is 9.25. The lowest BCUT2D eigenvalue weighted by molar-refractivity contribution is 0.0948. The van der Waals surface area contributed by atoms with Crippen molar-refractivity contribution in [1.29, 1.82) is 0 Å². The van der Waals surface area contributed by atoms with Crippen LogP contribution in [0.5, 0.6) is 5.75 Å². The Balaban J connectivity index is 2.02. The Morgan fingerprint density at radius 1 is 1.07 bits per heavy atom. The van der Waals surface area contributed by atoms with Crippen molar-refractivity contribution in [3.63, 3.8) is 0 Å². The zero-order chi connectivity index (χ0) is 19.9. The molecule has 6 heteroatoms. The van der Waals surface area contributed by atoms with Crippen molar-refractivity contribution in [3.05, 3.63) is 65.9 Å². The van der Waals surface area contributed by atoms with E-state index >= 15 is 0 Å². The zero-order valence-electron chi connectivity index (χ0n) is 16.3. The molecule has 0 saturated heterocycles. The van der Waals surface area contributed by atoms with Crippen molar-refractivity contribution in [1.82, 2.24) is 15.3 Å². The van der Waals surface area contributed by atoms with Crippen molar-refractivity contribution >= 4 is 17.4 Å². The Bertz CT molecular complexity index is 958. The molecule has 0 aliphatic heterocycles. The molecular weight excluding hydrogens is 352 g/mol. The number of hydrogen-bond donors (Lipinski definition) is 2. The predicted octanol–water partition coefficient (Wildman–Crippen LogP) is 4.34. The molecule has 0 unspecified atom stereocenters. The lowest BCUT2D eigenvalue weighted by atomic mass is 10.2. The molecule has 0 fully saturated rings. The van der Waals surface area contributed by atoms with Gasteiger partial charge >= 0.3 is 0 Å². The van der Waals surface area contributed by atoms with Crippen LogP contribution in [0.1, 0.15) is 29.4 Å². The number of amides is 1. The fourth-order valence-electron chi connectivity index (χ4n) is 2.73. The molecule has 1 aromatic heterocycles. The number of methoxy groups -OCH3 is 1. The van der Waals surface area contributed by atoms with Crippen LogP contribution in [0.3, 0.4) is 0 Å². The topological polar surface area (TPSA) is 76.1 Å². The molecule has 0 radical (unpaired) electrons. The number of carbonyl (C=O) groups is 1. The molecule has 2 N–H and O–H groups in total. The maximum absolute atomic E-state index is 12.5. The number of aryl methyl sites for hydroxylation is 1. The first kappa shape index (κ1) is 19.4. The molecule has 0 aliphatic carbocycles. The van der Waals surface area contributed by atoms with E-state index in [4.69, 9.17) is 4.74 Å². The summed E-state index contributed by atoms with van der Waals surface area (Å²) in [5.74, 6) is 1.49. The average Bonchev–Trinajstić information content (AvgIpc) is 2.72. The van der Waals surface area contributed by atoms with E-state index in [1.165, 1.54) is 0 Å². The molecule has 0 aliphatic rings. The van der Waals surface area contributed by atoms with Crippen LogP contribution in [0.2, 0.25) is 0 Å². The van der Waals surface area contributed by atoms with Crippen molar-refractivity contribution in [2.24, 2.45) is 0 Å². The van der Waals surface area contributed by atoms with Gasteiger partial charge in [-0.1, -0.05) is 43.3 Å². The highest BCUT2D eigenvalue weighted by Gasteiger charge is 2.14. The van der Waals surface area contributed by atoms with Crippen LogP contribution in [0.25, 0.3) is 11.4 Å². The van der Waals surface area contributed by atoms with Crippen molar-refractivity contribution < 1.29 is 9.53 Å². The van der Waals surface area contributed by atoms with Crippen LogP contribution in [0, 0.1) is 6.92 Å². The first-order valence-corrected chi connectivity index (χ1v) is 9.25. The lowest BCUT2D eigenvalue weighted by Crippen LogP contribution is -2.25. The quantitative estimate of drug-likeness (QED) is 0.641. The molecular formula is C22H24N4O2. The Morgan fingerprint density at radius 2 is 1.86 bits per heavy atom. The van der Waals surface area contributed by atoms with Crippen LogP contribution in [0.15, 0.2) is 54.6 Å². The van der Waals surface area contributed by atoms with E-state index in [1.54, 1.807) is 13.2 Å². The van der Waals surface area contributed by atoms with Gasteiger partial charge in [-0.2, -0.15) is 0 Å². The van der Waals surface area contributed by atoms with Crippen molar-refractivity contribution in [2.45, 2.75) is 20.3 Å². The van der Waals surface area contributed by atoms with Gasteiger partial charge in [-0.15, -0.1) is 0 Å². The second kappa shape index (κ2) is 8.99. The fourth-order valence-corrected chi connectivity index (χ4v) is 2.73. The number of aromatic nitrogens is 2. The first-order chi connectivity index (χ1) is 13.6. The molecule has 3 rings (SSSR count). The number of anilines is 2. The zero-order valence-corrected chi connectivity index (χ0v) is 16.3. The summed E-state index contributed by atoms with van der Waals surface area (Å²) in [7, 11) is 1.62. The molecule has 2 aromatic carbocycles. The molecule has 0 bridgehead atoms. The minimum absolute atomic E-state index is 0.222. The van der Waals surface area contributed by atoms with E-state index < -0.39 is 0 Å². The number of hydrogen-bond acceptors (Lipinski definition) is 5. The highest BCUT2D eigenvalue weighted by atomic mass is 16.5. The number of ether oxygens (including phenoxy) is 1. The summed E-state index contributed by atoms with van der Waals surface area (Å²) in [6.45, 7) is 4.61. The Labute approximate surface area is 165 Å². The Kier molecular flexibility index (Phi) is 6.22. The van der Waals surface area contributed by atoms with E-state index in [0.717, 1.165) is 23.2 Å². The lowest BCUT2D eigenvalue weighted by Gasteiger charge is -2.13. The molecule has 1 amide bonds. The van der Waals surface area contributed by atoms with Crippen molar-refractivity contribution in [2.75, 3.05) is 19.0 Å². The maximum atomic E-state index is 12.5. The number of benzene rings is 2. The fraction of sp³-hybridized carbons (Fsp3) is 0.227. The second-order valence-corrected chi connectivity index (χ2v) is 6.41. The van der Waals surface area contributed by atoms with Gasteiger partial charge in [-0.05, 0) is 31.0 Å². The number of nitrogens with one attached hydrogen (secondary N) is 2. The average molecular weight is 376 g/mol. The summed E-state index contributed by atoms with van der Waals surface area (Å²) in [6.07, 6.45) is 0.855. The summed E-state index contributed by atoms with van der Waals surface area (Å²) in [5, 5.41) is 6.14. The molecule has 144 valence electrons. The smallest absolute Gasteiger partial charge is 0.270 e. The molecule has 0 atom stereocenters. The van der Waals surface area contributed by atoms with E-state index in [0.29, 0.717) is 29.6 Å². The van der Waals surface area contributed by atoms with Gasteiger partial charge in [0.15, 0.2) is 5.82 Å². The summed E-state index contributed by atoms with van der Waals surface area (Å²) >= 11 is 0. The molecule has 0 saturated carbocycles. The molecule has 1 heterocycles. The summed E-state index contributed by atoms with van der Waals surface area (Å²) in [4.78, 5) is 21.6. The van der Waals surface area contributed by atoms with E-state index in [9.17, 15) is 4.79 Å². The third-order valence-electron chi connectivity index (χ3n) is 4.14. The van der Waals surface area contributed by atoms with Gasteiger partial charge in [0, 0.05) is 18.2 Å². The van der Waals surface area contributed by atoms with Gasteiger partial charge in [0.25, 0.3) is 5.91 Å². The SMILES string of the molecule is CCCNC(=O)c1cc(Nc2cc(C)ccc2OC)nc(-c2ccccc2)n1. The van der Waals surface area contributed by atoms with E-state index in [2.05, 4.69) is 20.6 Å². The summed E-state index contributed by atoms with van der Waals surface area (Å²) < 4.78 is 5.43. The van der Waals surface area contributed by atoms with Gasteiger partial charge in [-0.3, -0.25) is 4.79 Å². The number of nitrogens with zero attached hydrogens (tertiary/aromatic N) is 2. The largest absolute Gasteiger partial charge is 0.495 e. The normalized spacial score (nSPS) is 10.4. The Hall–Kier alpha value is -3.41. The number of rotatable bonds is 7. The summed E-state index contributed by atoms with van der Waals surface area (Å²) in [5.41, 5.74) is 3.02. The van der Waals surface area contributed by atoms with E-state index in [1.807, 2.05) is 62.4 Å². The van der Waals surface area contributed by atoms with Gasteiger partial charge in [0.2, 0.25) is 0 Å². The van der Waals surface area contributed by atoms with Crippen LogP contribution in [-0.4, -0.2) is 29.5 Å². The maximum Gasteiger partial charge on any atom is 0.270 e. The van der Waals surface area contributed by atoms with Crippen LogP contribution in [0.4, 0.5) is 11.5 Å². The van der Waals surface area contributed by atoms with Gasteiger partial charge in [0.1, 0.15) is 17.3 Å². The van der Waals surface area contributed by atoms with Gasteiger partial charge < -0.3 is 15.4 Å². The molecule has 6 nitrogen and oxygen atoms in total. The number of carbonyl (C=O) groups excluding carboxylic acids is 1. The third kappa shape index (κ3) is 4.65. The van der Waals surface area contributed by atoms with Gasteiger partial charge in [0.05, 0.1) is 12.8 Å². The minimum atomic E-state index is -0.222. The molecule has 3 aromatic rings. The third-order valence-corrected chi connectivity index (χ3v) is 4.14. The van der Waals surface area contributed by atoms with Gasteiger partial charge in [-0.25, -0.2) is 9.97 Å². The highest BCUT2D eigenvalue weighted by molar-refractivity contribution is 5.93. The molecule has 28 heavy (non-hydrogen) atoms. The summed E-state index contributed by atoms with van der Waals surface area (Å²) in [6, 6.07) is 17.1. The highest BCUT2D eigenvalue weighted by Crippen LogP contribution is 2.29. The molecule has 0 spiro atoms. The van der Waals surface area contributed by atoms with Crippen LogP contribution >= 0.6 is 0 Å². The Morgan fingerprint density at radius 3 is 2.57 bits per heavy atom. The monoisotopic (exact) mass is 376 g/mol.